The lowest BCUT2D eigenvalue weighted by atomic mass is 10.3. The van der Waals surface area contributed by atoms with Crippen LogP contribution in [0.4, 0.5) is 0 Å². The zero-order valence-electron chi connectivity index (χ0n) is 10.9. The molecule has 2 heterocycles. The SMILES string of the molecule is CNCCCN(C)Cc1cn2cc(Cl)ccc2n1. The average Bonchev–Trinajstić information content (AvgIpc) is 2.70. The summed E-state index contributed by atoms with van der Waals surface area (Å²) in [5.74, 6) is 0. The lowest BCUT2D eigenvalue weighted by Gasteiger charge is -2.14. The van der Waals surface area contributed by atoms with E-state index in [2.05, 4.69) is 22.2 Å². The molecule has 2 rings (SSSR count). The minimum atomic E-state index is 0.730. The van der Waals surface area contributed by atoms with Crippen LogP contribution in [-0.2, 0) is 6.54 Å². The zero-order valence-corrected chi connectivity index (χ0v) is 11.6. The fraction of sp³-hybridized carbons (Fsp3) is 0.462. The smallest absolute Gasteiger partial charge is 0.137 e. The molecule has 4 nitrogen and oxygen atoms in total. The van der Waals surface area contributed by atoms with Crippen LogP contribution in [0.25, 0.3) is 5.65 Å². The van der Waals surface area contributed by atoms with Gasteiger partial charge in [0.25, 0.3) is 0 Å². The molecule has 2 aromatic rings. The number of hydrogen-bond acceptors (Lipinski definition) is 3. The molecule has 0 aliphatic rings. The zero-order chi connectivity index (χ0) is 13.0. The Morgan fingerprint density at radius 2 is 2.22 bits per heavy atom. The van der Waals surface area contributed by atoms with Crippen LogP contribution < -0.4 is 5.32 Å². The molecule has 0 aromatic carbocycles. The molecule has 18 heavy (non-hydrogen) atoms. The van der Waals surface area contributed by atoms with Crippen LogP contribution in [0.2, 0.25) is 5.02 Å². The van der Waals surface area contributed by atoms with Gasteiger partial charge < -0.3 is 14.6 Å². The summed E-state index contributed by atoms with van der Waals surface area (Å²) in [4.78, 5) is 6.85. The van der Waals surface area contributed by atoms with Gasteiger partial charge in [-0.15, -0.1) is 0 Å². The Balaban J connectivity index is 1.98. The third-order valence-electron chi connectivity index (χ3n) is 2.86. The third kappa shape index (κ3) is 3.45. The van der Waals surface area contributed by atoms with Crippen LogP contribution in [0.3, 0.4) is 0 Å². The molecule has 0 saturated carbocycles. The minimum Gasteiger partial charge on any atom is -0.320 e. The second kappa shape index (κ2) is 6.18. The maximum Gasteiger partial charge on any atom is 0.137 e. The van der Waals surface area contributed by atoms with Gasteiger partial charge in [0.2, 0.25) is 0 Å². The van der Waals surface area contributed by atoms with Crippen molar-refractivity contribution in [2.45, 2.75) is 13.0 Å². The molecule has 0 saturated heterocycles. The van der Waals surface area contributed by atoms with Crippen molar-refractivity contribution in [3.63, 3.8) is 0 Å². The third-order valence-corrected chi connectivity index (χ3v) is 3.09. The van der Waals surface area contributed by atoms with Gasteiger partial charge >= 0.3 is 0 Å². The summed E-state index contributed by atoms with van der Waals surface area (Å²) < 4.78 is 1.97. The molecule has 0 radical (unpaired) electrons. The normalized spacial score (nSPS) is 11.6. The fourth-order valence-electron chi connectivity index (χ4n) is 1.97. The van der Waals surface area contributed by atoms with Gasteiger partial charge in [-0.25, -0.2) is 4.98 Å². The van der Waals surface area contributed by atoms with Gasteiger partial charge in [0, 0.05) is 18.9 Å². The summed E-state index contributed by atoms with van der Waals surface area (Å²) in [6, 6.07) is 3.80. The number of pyridine rings is 1. The molecule has 0 amide bonds. The lowest BCUT2D eigenvalue weighted by molar-refractivity contribution is 0.318. The van der Waals surface area contributed by atoms with Crippen LogP contribution in [0, 0.1) is 0 Å². The number of nitrogens with zero attached hydrogens (tertiary/aromatic N) is 3. The van der Waals surface area contributed by atoms with Crippen molar-refractivity contribution in [1.82, 2.24) is 19.6 Å². The van der Waals surface area contributed by atoms with E-state index in [1.807, 2.05) is 36.0 Å². The predicted molar refractivity (Wildman–Crippen MR) is 75.1 cm³/mol. The monoisotopic (exact) mass is 266 g/mol. The van der Waals surface area contributed by atoms with Gasteiger partial charge in [-0.3, -0.25) is 0 Å². The number of imidazole rings is 1. The maximum atomic E-state index is 5.95. The van der Waals surface area contributed by atoms with Crippen molar-refractivity contribution in [3.05, 3.63) is 35.2 Å². The molecule has 0 spiro atoms. The quantitative estimate of drug-likeness (QED) is 0.812. The van der Waals surface area contributed by atoms with E-state index >= 15 is 0 Å². The summed E-state index contributed by atoms with van der Waals surface area (Å²) in [6.07, 6.45) is 5.07. The van der Waals surface area contributed by atoms with Crippen LogP contribution in [0.1, 0.15) is 12.1 Å². The first-order chi connectivity index (χ1) is 8.69. The van der Waals surface area contributed by atoms with Gasteiger partial charge in [0.15, 0.2) is 0 Å². The second-order valence-electron chi connectivity index (χ2n) is 4.54. The van der Waals surface area contributed by atoms with Crippen molar-refractivity contribution in [2.75, 3.05) is 27.2 Å². The Hall–Kier alpha value is -1.10. The second-order valence-corrected chi connectivity index (χ2v) is 4.98. The molecule has 0 unspecified atom stereocenters. The summed E-state index contributed by atoms with van der Waals surface area (Å²) in [5.41, 5.74) is 2.02. The van der Waals surface area contributed by atoms with Crippen LogP contribution in [0.15, 0.2) is 24.5 Å². The van der Waals surface area contributed by atoms with Gasteiger partial charge in [-0.2, -0.15) is 0 Å². The van der Waals surface area contributed by atoms with Crippen molar-refractivity contribution < 1.29 is 0 Å². The van der Waals surface area contributed by atoms with Gasteiger partial charge in [0.05, 0.1) is 10.7 Å². The molecule has 0 aliphatic carbocycles. The van der Waals surface area contributed by atoms with E-state index in [0.29, 0.717) is 0 Å². The lowest BCUT2D eigenvalue weighted by Crippen LogP contribution is -2.22. The van der Waals surface area contributed by atoms with E-state index in [-0.39, 0.29) is 0 Å². The largest absolute Gasteiger partial charge is 0.320 e. The topological polar surface area (TPSA) is 32.6 Å². The molecule has 5 heteroatoms. The predicted octanol–water partition coefficient (Wildman–Crippen LogP) is 2.03. The average molecular weight is 267 g/mol. The summed E-state index contributed by atoms with van der Waals surface area (Å²) >= 11 is 5.95. The summed E-state index contributed by atoms with van der Waals surface area (Å²) in [6.45, 7) is 2.98. The first-order valence-electron chi connectivity index (χ1n) is 6.15. The highest BCUT2D eigenvalue weighted by molar-refractivity contribution is 6.30. The van der Waals surface area contributed by atoms with Crippen LogP contribution >= 0.6 is 11.6 Å². The Morgan fingerprint density at radius 3 is 3.00 bits per heavy atom. The highest BCUT2D eigenvalue weighted by atomic mass is 35.5. The van der Waals surface area contributed by atoms with E-state index < -0.39 is 0 Å². The first-order valence-corrected chi connectivity index (χ1v) is 6.53. The number of hydrogen-bond donors (Lipinski definition) is 1. The molecule has 2 aromatic heterocycles. The molecule has 0 fully saturated rings. The van der Waals surface area contributed by atoms with Crippen LogP contribution in [-0.4, -0.2) is 41.5 Å². The maximum absolute atomic E-state index is 5.95. The van der Waals surface area contributed by atoms with Crippen molar-refractivity contribution in [2.24, 2.45) is 0 Å². The molecule has 0 bridgehead atoms. The van der Waals surface area contributed by atoms with Crippen molar-refractivity contribution in [1.29, 1.82) is 0 Å². The van der Waals surface area contributed by atoms with E-state index in [9.17, 15) is 0 Å². The number of fused-ring (bicyclic) bond motifs is 1. The molecule has 1 N–H and O–H groups in total. The van der Waals surface area contributed by atoms with Gasteiger partial charge in [0.1, 0.15) is 5.65 Å². The van der Waals surface area contributed by atoms with Crippen molar-refractivity contribution in [3.8, 4) is 0 Å². The van der Waals surface area contributed by atoms with E-state index in [0.717, 1.165) is 42.4 Å². The van der Waals surface area contributed by atoms with Gasteiger partial charge in [-0.05, 0) is 45.7 Å². The molecule has 0 aliphatic heterocycles. The molecular formula is C13H19ClN4. The fourth-order valence-corrected chi connectivity index (χ4v) is 2.14. The number of rotatable bonds is 6. The van der Waals surface area contributed by atoms with E-state index in [4.69, 9.17) is 11.6 Å². The van der Waals surface area contributed by atoms with E-state index in [1.54, 1.807) is 0 Å². The number of halogens is 1. The summed E-state index contributed by atoms with van der Waals surface area (Å²) in [7, 11) is 4.10. The Kier molecular flexibility index (Phi) is 4.58. The summed E-state index contributed by atoms with van der Waals surface area (Å²) in [5, 5.41) is 3.88. The number of nitrogens with one attached hydrogen (secondary N) is 1. The number of aromatic nitrogens is 2. The highest BCUT2D eigenvalue weighted by Crippen LogP contribution is 2.12. The molecule has 0 atom stereocenters. The Morgan fingerprint density at radius 1 is 1.39 bits per heavy atom. The minimum absolute atomic E-state index is 0.730. The van der Waals surface area contributed by atoms with Gasteiger partial charge in [-0.1, -0.05) is 11.6 Å². The molecular weight excluding hydrogens is 248 g/mol. The Bertz CT molecular complexity index is 509. The van der Waals surface area contributed by atoms with Crippen LogP contribution in [0.5, 0.6) is 0 Å². The Labute approximate surface area is 113 Å². The molecule has 98 valence electrons. The van der Waals surface area contributed by atoms with E-state index in [1.165, 1.54) is 0 Å². The first kappa shape index (κ1) is 13.3. The standard InChI is InChI=1S/C13H19ClN4/c1-15-6-3-7-17(2)9-12-10-18-8-11(14)4-5-13(18)16-12/h4-5,8,10,15H,3,6-7,9H2,1-2H3. The van der Waals surface area contributed by atoms with Crippen molar-refractivity contribution >= 4 is 17.2 Å². The highest BCUT2D eigenvalue weighted by Gasteiger charge is 2.05.